The smallest absolute Gasteiger partial charge is 0.190 e. The highest BCUT2D eigenvalue weighted by atomic mass is 127. The largest absolute Gasteiger partial charge is 0.356 e. The van der Waals surface area contributed by atoms with E-state index in [0.717, 1.165) is 44.7 Å². The Morgan fingerprint density at radius 3 is 2.67 bits per heavy atom. The Labute approximate surface area is 165 Å². The Morgan fingerprint density at radius 2 is 2.04 bits per heavy atom. The zero-order valence-corrected chi connectivity index (χ0v) is 17.7. The molecule has 2 N–H and O–H groups in total. The highest BCUT2D eigenvalue weighted by Gasteiger charge is 2.02. The summed E-state index contributed by atoms with van der Waals surface area (Å²) in [5.74, 6) is 0.850. The fraction of sp³-hybridized carbons (Fsp3) is 0.562. The molecule has 0 spiro atoms. The van der Waals surface area contributed by atoms with Gasteiger partial charge in [-0.2, -0.15) is 5.10 Å². The highest BCUT2D eigenvalue weighted by molar-refractivity contribution is 14.0. The van der Waals surface area contributed by atoms with Gasteiger partial charge in [0.1, 0.15) is 0 Å². The number of rotatable bonds is 8. The third-order valence-corrected chi connectivity index (χ3v) is 4.70. The van der Waals surface area contributed by atoms with Gasteiger partial charge in [-0.15, -0.1) is 35.3 Å². The van der Waals surface area contributed by atoms with Crippen LogP contribution in [0.2, 0.25) is 0 Å². The predicted molar refractivity (Wildman–Crippen MR) is 112 cm³/mol. The second-order valence-electron chi connectivity index (χ2n) is 5.38. The molecule has 0 aliphatic heterocycles. The first kappa shape index (κ1) is 20.9. The van der Waals surface area contributed by atoms with E-state index in [-0.39, 0.29) is 24.0 Å². The summed E-state index contributed by atoms with van der Waals surface area (Å²) in [7, 11) is 3.74. The van der Waals surface area contributed by atoms with Crippen molar-refractivity contribution >= 4 is 41.3 Å². The Balaban J connectivity index is 0.00000288. The van der Waals surface area contributed by atoms with Gasteiger partial charge in [0.05, 0.1) is 11.2 Å². The molecule has 0 aliphatic rings. The minimum Gasteiger partial charge on any atom is -0.356 e. The fourth-order valence-corrected chi connectivity index (χ4v) is 3.10. The van der Waals surface area contributed by atoms with Crippen LogP contribution in [0.4, 0.5) is 0 Å². The van der Waals surface area contributed by atoms with E-state index in [1.165, 1.54) is 15.4 Å². The summed E-state index contributed by atoms with van der Waals surface area (Å²) in [5.41, 5.74) is 1.27. The van der Waals surface area contributed by atoms with Crippen molar-refractivity contribution in [3.63, 3.8) is 0 Å². The number of guanidine groups is 1. The standard InChI is InChI=1S/C16H26N6S.HI/c1-4-14-11-20-15(23-14)7-9-19-16(17-2)18-8-5-6-13-10-21-22(3)12-13;/h10-12H,4-9H2,1-3H3,(H2,17,18,19);1H. The molecule has 2 rings (SSSR count). The Morgan fingerprint density at radius 1 is 1.25 bits per heavy atom. The summed E-state index contributed by atoms with van der Waals surface area (Å²) in [4.78, 5) is 10.0. The van der Waals surface area contributed by atoms with E-state index in [4.69, 9.17) is 0 Å². The van der Waals surface area contributed by atoms with Crippen molar-refractivity contribution in [3.8, 4) is 0 Å². The van der Waals surface area contributed by atoms with E-state index >= 15 is 0 Å². The molecule has 0 saturated heterocycles. The van der Waals surface area contributed by atoms with Crippen LogP contribution in [0.15, 0.2) is 23.6 Å². The molecule has 134 valence electrons. The van der Waals surface area contributed by atoms with Gasteiger partial charge in [-0.3, -0.25) is 9.67 Å². The van der Waals surface area contributed by atoms with E-state index in [2.05, 4.69) is 38.8 Å². The first-order valence-electron chi connectivity index (χ1n) is 8.07. The lowest BCUT2D eigenvalue weighted by Gasteiger charge is -2.10. The quantitative estimate of drug-likeness (QED) is 0.274. The van der Waals surface area contributed by atoms with Gasteiger partial charge < -0.3 is 10.6 Å². The average molecular weight is 462 g/mol. The molecule has 0 aromatic carbocycles. The van der Waals surface area contributed by atoms with Gasteiger partial charge in [0.25, 0.3) is 0 Å². The first-order valence-corrected chi connectivity index (χ1v) is 8.88. The number of hydrogen-bond donors (Lipinski definition) is 2. The van der Waals surface area contributed by atoms with Gasteiger partial charge in [-0.1, -0.05) is 6.92 Å². The van der Waals surface area contributed by atoms with Gasteiger partial charge >= 0.3 is 0 Å². The van der Waals surface area contributed by atoms with Crippen LogP contribution < -0.4 is 10.6 Å². The molecule has 0 amide bonds. The summed E-state index contributed by atoms with van der Waals surface area (Å²) >= 11 is 1.79. The van der Waals surface area contributed by atoms with E-state index < -0.39 is 0 Å². The molecule has 0 aliphatic carbocycles. The molecule has 0 unspecified atom stereocenters. The number of aryl methyl sites for hydroxylation is 3. The molecule has 0 atom stereocenters. The van der Waals surface area contributed by atoms with Gasteiger partial charge in [0, 0.05) is 50.9 Å². The first-order chi connectivity index (χ1) is 11.2. The predicted octanol–water partition coefficient (Wildman–Crippen LogP) is 2.40. The summed E-state index contributed by atoms with van der Waals surface area (Å²) < 4.78 is 1.84. The van der Waals surface area contributed by atoms with Crippen molar-refractivity contribution in [2.75, 3.05) is 20.1 Å². The molecule has 2 heterocycles. The minimum atomic E-state index is 0. The van der Waals surface area contributed by atoms with Gasteiger partial charge in [0.2, 0.25) is 0 Å². The lowest BCUT2D eigenvalue weighted by Crippen LogP contribution is -2.38. The average Bonchev–Trinajstić information content (AvgIpc) is 3.18. The van der Waals surface area contributed by atoms with Crippen molar-refractivity contribution in [2.45, 2.75) is 32.6 Å². The van der Waals surface area contributed by atoms with E-state index in [1.54, 1.807) is 18.4 Å². The Bertz CT molecular complexity index is 622. The van der Waals surface area contributed by atoms with E-state index in [1.807, 2.05) is 24.1 Å². The van der Waals surface area contributed by atoms with Crippen molar-refractivity contribution in [1.29, 1.82) is 0 Å². The lowest BCUT2D eigenvalue weighted by molar-refractivity contribution is 0.736. The molecule has 0 saturated carbocycles. The molecule has 8 heteroatoms. The molecule has 0 radical (unpaired) electrons. The maximum absolute atomic E-state index is 4.43. The summed E-state index contributed by atoms with van der Waals surface area (Å²) in [6.07, 6.45) is 10.0. The van der Waals surface area contributed by atoms with Crippen LogP contribution in [0.5, 0.6) is 0 Å². The van der Waals surface area contributed by atoms with Gasteiger partial charge in [-0.25, -0.2) is 4.98 Å². The number of hydrogen-bond acceptors (Lipinski definition) is 4. The minimum absolute atomic E-state index is 0. The summed E-state index contributed by atoms with van der Waals surface area (Å²) in [5, 5.41) is 12.0. The number of nitrogens with one attached hydrogen (secondary N) is 2. The third kappa shape index (κ3) is 7.16. The SMILES string of the molecule is CCc1cnc(CCNC(=NC)NCCCc2cnn(C)c2)s1.I. The molecule has 24 heavy (non-hydrogen) atoms. The zero-order chi connectivity index (χ0) is 16.5. The Kier molecular flexibility index (Phi) is 9.92. The molecule has 0 bridgehead atoms. The van der Waals surface area contributed by atoms with Gasteiger partial charge in [0.15, 0.2) is 5.96 Å². The number of halogens is 1. The summed E-state index contributed by atoms with van der Waals surface area (Å²) in [6.45, 7) is 3.90. The van der Waals surface area contributed by atoms with Crippen molar-refractivity contribution in [3.05, 3.63) is 34.0 Å². The molecule has 6 nitrogen and oxygen atoms in total. The number of aliphatic imine (C=N–C) groups is 1. The van der Waals surface area contributed by atoms with Crippen molar-refractivity contribution in [2.24, 2.45) is 12.0 Å². The lowest BCUT2D eigenvalue weighted by atomic mass is 10.2. The molecule has 2 aromatic heterocycles. The fourth-order valence-electron chi connectivity index (χ4n) is 2.24. The van der Waals surface area contributed by atoms with E-state index in [0.29, 0.717) is 0 Å². The van der Waals surface area contributed by atoms with Crippen LogP contribution >= 0.6 is 35.3 Å². The van der Waals surface area contributed by atoms with Crippen LogP contribution in [0.1, 0.15) is 28.8 Å². The van der Waals surface area contributed by atoms with E-state index in [9.17, 15) is 0 Å². The molecule has 2 aromatic rings. The van der Waals surface area contributed by atoms with Gasteiger partial charge in [-0.05, 0) is 24.8 Å². The van der Waals surface area contributed by atoms with Crippen LogP contribution in [0.25, 0.3) is 0 Å². The van der Waals surface area contributed by atoms with Crippen LogP contribution in [0, 0.1) is 0 Å². The number of nitrogens with zero attached hydrogens (tertiary/aromatic N) is 4. The highest BCUT2D eigenvalue weighted by Crippen LogP contribution is 2.13. The van der Waals surface area contributed by atoms with Crippen LogP contribution in [-0.4, -0.2) is 40.9 Å². The monoisotopic (exact) mass is 462 g/mol. The normalized spacial score (nSPS) is 11.2. The van der Waals surface area contributed by atoms with Crippen LogP contribution in [0.3, 0.4) is 0 Å². The van der Waals surface area contributed by atoms with Crippen molar-refractivity contribution in [1.82, 2.24) is 25.4 Å². The third-order valence-electron chi connectivity index (χ3n) is 3.50. The molecular formula is C16H27IN6S. The summed E-state index contributed by atoms with van der Waals surface area (Å²) in [6, 6.07) is 0. The maximum Gasteiger partial charge on any atom is 0.190 e. The molecule has 0 fully saturated rings. The Hall–Kier alpha value is -1.16. The number of thiazole rings is 1. The second-order valence-corrected chi connectivity index (χ2v) is 6.58. The molecular weight excluding hydrogens is 435 g/mol. The van der Waals surface area contributed by atoms with Crippen molar-refractivity contribution < 1.29 is 0 Å². The number of aromatic nitrogens is 3. The van der Waals surface area contributed by atoms with Crippen LogP contribution in [-0.2, 0) is 26.3 Å². The topological polar surface area (TPSA) is 67.1 Å². The zero-order valence-electron chi connectivity index (χ0n) is 14.6. The second kappa shape index (κ2) is 11.4. The maximum atomic E-state index is 4.43.